The summed E-state index contributed by atoms with van der Waals surface area (Å²) in [4.78, 5) is 39.3. The van der Waals surface area contributed by atoms with Gasteiger partial charge in [0.05, 0.1) is 6.54 Å². The van der Waals surface area contributed by atoms with Crippen molar-refractivity contribution in [3.63, 3.8) is 0 Å². The van der Waals surface area contributed by atoms with Crippen molar-refractivity contribution in [1.82, 2.24) is 15.5 Å². The van der Waals surface area contributed by atoms with Gasteiger partial charge in [-0.05, 0) is 64.8 Å². The van der Waals surface area contributed by atoms with Gasteiger partial charge in [-0.2, -0.15) is 0 Å². The van der Waals surface area contributed by atoms with Gasteiger partial charge < -0.3 is 20.3 Å². The zero-order valence-corrected chi connectivity index (χ0v) is 22.6. The molecule has 1 aliphatic heterocycles. The van der Waals surface area contributed by atoms with E-state index >= 15 is 0 Å². The molecule has 3 aliphatic rings. The molecule has 2 N–H and O–H groups in total. The fraction of sp³-hybridized carbons (Fsp3) is 0.364. The maximum absolute atomic E-state index is 12.7. The fourth-order valence-corrected chi connectivity index (χ4v) is 6.89. The topological polar surface area (TPSA) is 87.7 Å². The molecule has 7 heteroatoms. The first kappa shape index (κ1) is 26.1. The minimum atomic E-state index is -0.652. The van der Waals surface area contributed by atoms with Crippen LogP contribution in [0, 0.1) is 17.8 Å². The predicted octanol–water partition coefficient (Wildman–Crippen LogP) is 4.37. The number of hydrogen-bond acceptors (Lipinski definition) is 4. The lowest BCUT2D eigenvalue weighted by molar-refractivity contribution is -0.132. The summed E-state index contributed by atoms with van der Waals surface area (Å²) in [5.74, 6) is 1.25. The summed E-state index contributed by atoms with van der Waals surface area (Å²) in [6, 6.07) is 26.9. The second-order valence-electron chi connectivity index (χ2n) is 11.3. The summed E-state index contributed by atoms with van der Waals surface area (Å²) in [6.07, 6.45) is 2.76. The van der Waals surface area contributed by atoms with Crippen LogP contribution in [0.15, 0.2) is 78.9 Å². The summed E-state index contributed by atoms with van der Waals surface area (Å²) in [5, 5.41) is 5.15. The van der Waals surface area contributed by atoms with Crippen molar-refractivity contribution in [2.24, 2.45) is 17.8 Å². The van der Waals surface area contributed by atoms with Gasteiger partial charge in [0.15, 0.2) is 0 Å². The minimum absolute atomic E-state index is 0.0434. The molecule has 40 heavy (non-hydrogen) atoms. The van der Waals surface area contributed by atoms with E-state index in [9.17, 15) is 14.4 Å². The Labute approximate surface area is 234 Å². The van der Waals surface area contributed by atoms with E-state index in [0.717, 1.165) is 54.6 Å². The molecule has 2 atom stereocenters. The summed E-state index contributed by atoms with van der Waals surface area (Å²) in [6.45, 7) is 1.42. The Morgan fingerprint density at radius 1 is 0.750 bits per heavy atom. The Hall–Kier alpha value is -4.13. The number of fused-ring (bicyclic) bond motifs is 4. The van der Waals surface area contributed by atoms with E-state index in [1.54, 1.807) is 0 Å². The maximum atomic E-state index is 12.7. The van der Waals surface area contributed by atoms with Gasteiger partial charge >= 0.3 is 6.09 Å². The highest BCUT2D eigenvalue weighted by Crippen LogP contribution is 2.45. The third-order valence-corrected chi connectivity index (χ3v) is 8.74. The maximum Gasteiger partial charge on any atom is 0.407 e. The molecule has 3 aromatic carbocycles. The number of hydrogen-bond donors (Lipinski definition) is 2. The van der Waals surface area contributed by atoms with E-state index in [4.69, 9.17) is 4.74 Å². The monoisotopic (exact) mass is 537 g/mol. The van der Waals surface area contributed by atoms with Gasteiger partial charge in [-0.15, -0.1) is 0 Å². The third kappa shape index (κ3) is 5.60. The Balaban J connectivity index is 0.901. The van der Waals surface area contributed by atoms with Gasteiger partial charge in [0, 0.05) is 19.0 Å². The van der Waals surface area contributed by atoms with Crippen molar-refractivity contribution in [1.29, 1.82) is 0 Å². The number of carbonyl (C=O) groups is 3. The highest BCUT2D eigenvalue weighted by Gasteiger charge is 2.42. The van der Waals surface area contributed by atoms with Crippen LogP contribution in [-0.4, -0.2) is 55.6 Å². The number of ether oxygens (including phenoxy) is 1. The van der Waals surface area contributed by atoms with Gasteiger partial charge in [0.2, 0.25) is 11.8 Å². The first-order valence-corrected chi connectivity index (χ1v) is 14.2. The molecule has 0 bridgehead atoms. The predicted molar refractivity (Wildman–Crippen MR) is 153 cm³/mol. The quantitative estimate of drug-likeness (QED) is 0.447. The molecule has 0 spiro atoms. The van der Waals surface area contributed by atoms with Gasteiger partial charge in [0.1, 0.15) is 13.2 Å². The summed E-state index contributed by atoms with van der Waals surface area (Å²) in [5.41, 5.74) is 5.96. The van der Waals surface area contributed by atoms with Crippen molar-refractivity contribution in [2.75, 3.05) is 32.8 Å². The number of rotatable bonds is 8. The lowest BCUT2D eigenvalue weighted by Crippen LogP contribution is -2.43. The second-order valence-corrected chi connectivity index (χ2v) is 11.3. The number of nitrogens with zero attached hydrogens (tertiary/aromatic N) is 1. The van der Waals surface area contributed by atoms with Crippen molar-refractivity contribution >= 4 is 17.9 Å². The van der Waals surface area contributed by atoms with E-state index in [1.165, 1.54) is 5.56 Å². The molecule has 2 aliphatic carbocycles. The molecular weight excluding hydrogens is 502 g/mol. The molecule has 206 valence electrons. The normalized spacial score (nSPS) is 20.9. The van der Waals surface area contributed by atoms with Crippen LogP contribution >= 0.6 is 0 Å². The Kier molecular flexibility index (Phi) is 7.53. The van der Waals surface area contributed by atoms with Crippen molar-refractivity contribution < 1.29 is 19.1 Å². The number of amides is 3. The van der Waals surface area contributed by atoms with E-state index in [-0.39, 0.29) is 31.5 Å². The molecule has 7 nitrogen and oxygen atoms in total. The van der Waals surface area contributed by atoms with Gasteiger partial charge in [-0.1, -0.05) is 78.9 Å². The summed E-state index contributed by atoms with van der Waals surface area (Å²) in [7, 11) is 0. The molecule has 2 unspecified atom stereocenters. The molecule has 2 fully saturated rings. The first-order chi connectivity index (χ1) is 19.5. The molecule has 1 heterocycles. The lowest BCUT2D eigenvalue weighted by Gasteiger charge is -2.20. The van der Waals surface area contributed by atoms with Crippen LogP contribution in [0.4, 0.5) is 4.79 Å². The number of likely N-dealkylation sites (tertiary alicyclic amines) is 1. The van der Waals surface area contributed by atoms with Gasteiger partial charge in [-0.3, -0.25) is 9.59 Å². The zero-order valence-electron chi connectivity index (χ0n) is 22.6. The van der Waals surface area contributed by atoms with Crippen LogP contribution in [0.3, 0.4) is 0 Å². The molecule has 3 amide bonds. The number of carbonyl (C=O) groups excluding carboxylic acids is 3. The Morgan fingerprint density at radius 2 is 1.35 bits per heavy atom. The third-order valence-electron chi connectivity index (χ3n) is 8.74. The van der Waals surface area contributed by atoms with Crippen LogP contribution in [0.2, 0.25) is 0 Å². The standard InChI is InChI=1S/C33H35N3O4/c37-31(17-35-33(39)40-21-30-28-12-6-4-10-26(28)27-11-5-7-13-29(27)30)34-18-32(38)36-19-24-15-23(16-25(24)20-36)14-22-8-2-1-3-9-22/h1-13,23-25,30H,14-21H2,(H,34,37)(H,35,39). The summed E-state index contributed by atoms with van der Waals surface area (Å²) >= 11 is 0. The van der Waals surface area contributed by atoms with Crippen molar-refractivity contribution in [2.45, 2.75) is 25.2 Å². The van der Waals surface area contributed by atoms with E-state index < -0.39 is 12.0 Å². The number of benzene rings is 3. The SMILES string of the molecule is O=C(CNC(=O)OCC1c2ccccc2-c2ccccc21)NCC(=O)N1CC2CC(Cc3ccccc3)CC2C1. The Morgan fingerprint density at radius 3 is 2.00 bits per heavy atom. The largest absolute Gasteiger partial charge is 0.449 e. The van der Waals surface area contributed by atoms with Crippen LogP contribution in [0.25, 0.3) is 11.1 Å². The van der Waals surface area contributed by atoms with Gasteiger partial charge in [-0.25, -0.2) is 4.79 Å². The molecule has 3 aromatic rings. The van der Waals surface area contributed by atoms with E-state index in [0.29, 0.717) is 17.8 Å². The van der Waals surface area contributed by atoms with Crippen LogP contribution in [-0.2, 0) is 20.7 Å². The van der Waals surface area contributed by atoms with E-state index in [1.807, 2.05) is 35.2 Å². The molecule has 1 saturated carbocycles. The number of alkyl carbamates (subject to hydrolysis) is 1. The summed E-state index contributed by atoms with van der Waals surface area (Å²) < 4.78 is 5.48. The van der Waals surface area contributed by atoms with Crippen molar-refractivity contribution in [3.8, 4) is 11.1 Å². The number of nitrogens with one attached hydrogen (secondary N) is 2. The zero-order chi connectivity index (χ0) is 27.5. The highest BCUT2D eigenvalue weighted by molar-refractivity contribution is 5.87. The lowest BCUT2D eigenvalue weighted by atomic mass is 9.96. The molecule has 1 saturated heterocycles. The fourth-order valence-electron chi connectivity index (χ4n) is 6.89. The van der Waals surface area contributed by atoms with E-state index in [2.05, 4.69) is 59.2 Å². The molecule has 6 rings (SSSR count). The Bertz CT molecular complexity index is 1330. The van der Waals surface area contributed by atoms with Crippen LogP contribution in [0.5, 0.6) is 0 Å². The van der Waals surface area contributed by atoms with Crippen molar-refractivity contribution in [3.05, 3.63) is 95.6 Å². The molecule has 0 aromatic heterocycles. The van der Waals surface area contributed by atoms with Crippen LogP contribution < -0.4 is 10.6 Å². The highest BCUT2D eigenvalue weighted by atomic mass is 16.5. The molecular formula is C33H35N3O4. The average Bonchev–Trinajstić information content (AvgIpc) is 3.64. The van der Waals surface area contributed by atoms with Gasteiger partial charge in [0.25, 0.3) is 0 Å². The average molecular weight is 538 g/mol. The second kappa shape index (κ2) is 11.5. The molecule has 0 radical (unpaired) electrons. The smallest absolute Gasteiger partial charge is 0.407 e. The minimum Gasteiger partial charge on any atom is -0.449 e. The van der Waals surface area contributed by atoms with Crippen LogP contribution in [0.1, 0.15) is 35.4 Å². The first-order valence-electron chi connectivity index (χ1n) is 14.2.